The molecule has 1 fully saturated rings. The van der Waals surface area contributed by atoms with E-state index in [-0.39, 0.29) is 0 Å². The molecule has 1 atom stereocenters. The number of thiophene rings is 1. The normalized spacial score (nSPS) is 23.2. The lowest BCUT2D eigenvalue weighted by molar-refractivity contribution is 0.116. The summed E-state index contributed by atoms with van der Waals surface area (Å²) in [4.78, 5) is 3.85. The highest BCUT2D eigenvalue weighted by atomic mass is 79.9. The fraction of sp³-hybridized carbons (Fsp3) is 0.636. The smallest absolute Gasteiger partial charge is 0.0701 e. The molecule has 0 unspecified atom stereocenters. The Labute approximate surface area is 103 Å². The van der Waals surface area contributed by atoms with E-state index in [1.54, 1.807) is 11.3 Å². The van der Waals surface area contributed by atoms with Gasteiger partial charge in [-0.25, -0.2) is 0 Å². The van der Waals surface area contributed by atoms with E-state index in [2.05, 4.69) is 33.0 Å². The number of likely N-dealkylation sites (tertiary alicyclic amines) is 1. The first-order valence-corrected chi connectivity index (χ1v) is 6.96. The van der Waals surface area contributed by atoms with Gasteiger partial charge in [0.15, 0.2) is 0 Å². The fourth-order valence-corrected chi connectivity index (χ4v) is 3.63. The van der Waals surface area contributed by atoms with Crippen LogP contribution in [0.3, 0.4) is 0 Å². The molecule has 0 radical (unpaired) electrons. The summed E-state index contributed by atoms with van der Waals surface area (Å²) in [5.41, 5.74) is 0. The number of hydrogen-bond donors (Lipinski definition) is 1. The molecule has 1 aromatic heterocycles. The molecule has 0 spiro atoms. The molecule has 2 rings (SSSR count). The Morgan fingerprint density at radius 1 is 1.53 bits per heavy atom. The summed E-state index contributed by atoms with van der Waals surface area (Å²) in [6, 6.07) is 4.28. The molecule has 0 bridgehead atoms. The molecule has 84 valence electrons. The Morgan fingerprint density at radius 3 is 3.07 bits per heavy atom. The van der Waals surface area contributed by atoms with Gasteiger partial charge in [-0.05, 0) is 53.4 Å². The van der Waals surface area contributed by atoms with E-state index >= 15 is 0 Å². The van der Waals surface area contributed by atoms with E-state index in [1.165, 1.54) is 28.0 Å². The van der Waals surface area contributed by atoms with Crippen molar-refractivity contribution >= 4 is 27.3 Å². The van der Waals surface area contributed by atoms with Crippen LogP contribution in [-0.4, -0.2) is 29.7 Å². The largest absolute Gasteiger partial charge is 0.396 e. The second kappa shape index (κ2) is 5.43. The monoisotopic (exact) mass is 289 g/mol. The quantitative estimate of drug-likeness (QED) is 0.925. The first kappa shape index (κ1) is 11.6. The summed E-state index contributed by atoms with van der Waals surface area (Å²) in [5, 5.41) is 9.15. The molecule has 0 amide bonds. The van der Waals surface area contributed by atoms with Crippen LogP contribution in [0.5, 0.6) is 0 Å². The van der Waals surface area contributed by atoms with Crippen LogP contribution < -0.4 is 0 Å². The Kier molecular flexibility index (Phi) is 4.20. The third-order valence-corrected chi connectivity index (χ3v) is 4.48. The van der Waals surface area contributed by atoms with E-state index < -0.39 is 0 Å². The van der Waals surface area contributed by atoms with Crippen LogP contribution >= 0.6 is 27.3 Å². The molecule has 1 aromatic rings. The molecule has 0 saturated carbocycles. The van der Waals surface area contributed by atoms with Crippen molar-refractivity contribution < 1.29 is 5.11 Å². The predicted molar refractivity (Wildman–Crippen MR) is 67.1 cm³/mol. The molecule has 1 saturated heterocycles. The van der Waals surface area contributed by atoms with Gasteiger partial charge in [-0.2, -0.15) is 0 Å². The van der Waals surface area contributed by atoms with Crippen molar-refractivity contribution in [3.63, 3.8) is 0 Å². The van der Waals surface area contributed by atoms with Crippen LogP contribution in [0.1, 0.15) is 17.7 Å². The Bertz CT molecular complexity index is 315. The molecular formula is C11H16BrNOS. The fourth-order valence-electron chi connectivity index (χ4n) is 2.10. The number of hydrogen-bond acceptors (Lipinski definition) is 3. The van der Waals surface area contributed by atoms with Gasteiger partial charge in [0.05, 0.1) is 3.79 Å². The molecule has 1 N–H and O–H groups in total. The molecule has 15 heavy (non-hydrogen) atoms. The third kappa shape index (κ3) is 3.28. The second-order valence-corrected chi connectivity index (χ2v) is 6.68. The van der Waals surface area contributed by atoms with E-state index in [9.17, 15) is 0 Å². The van der Waals surface area contributed by atoms with E-state index in [0.717, 1.165) is 13.1 Å². The van der Waals surface area contributed by atoms with Crippen LogP contribution in [-0.2, 0) is 6.54 Å². The average molecular weight is 290 g/mol. The van der Waals surface area contributed by atoms with Gasteiger partial charge >= 0.3 is 0 Å². The molecule has 0 aliphatic carbocycles. The molecule has 1 aliphatic heterocycles. The summed E-state index contributed by atoms with van der Waals surface area (Å²) in [7, 11) is 0. The number of aliphatic hydroxyl groups is 1. The van der Waals surface area contributed by atoms with Crippen LogP contribution in [0.15, 0.2) is 15.9 Å². The van der Waals surface area contributed by atoms with Gasteiger partial charge in [0.2, 0.25) is 0 Å². The maximum Gasteiger partial charge on any atom is 0.0701 e. The zero-order valence-corrected chi connectivity index (χ0v) is 11.1. The minimum atomic E-state index is 0.338. The molecule has 0 aromatic carbocycles. The number of nitrogens with zero attached hydrogens (tertiary/aromatic N) is 1. The third-order valence-electron chi connectivity index (χ3n) is 2.87. The van der Waals surface area contributed by atoms with Crippen molar-refractivity contribution in [1.82, 2.24) is 4.90 Å². The predicted octanol–water partition coefficient (Wildman–Crippen LogP) is 2.71. The van der Waals surface area contributed by atoms with Gasteiger partial charge in [-0.1, -0.05) is 0 Å². The average Bonchev–Trinajstić information content (AvgIpc) is 2.64. The van der Waals surface area contributed by atoms with Gasteiger partial charge in [0.1, 0.15) is 0 Å². The first-order chi connectivity index (χ1) is 7.28. The summed E-state index contributed by atoms with van der Waals surface area (Å²) < 4.78 is 1.20. The maximum atomic E-state index is 9.15. The van der Waals surface area contributed by atoms with Gasteiger partial charge in [-0.3, -0.25) is 4.90 Å². The lowest BCUT2D eigenvalue weighted by atomic mass is 9.99. The van der Waals surface area contributed by atoms with Crippen LogP contribution in [0.4, 0.5) is 0 Å². The summed E-state index contributed by atoms with van der Waals surface area (Å²) in [5.74, 6) is 0.488. The highest BCUT2D eigenvalue weighted by Crippen LogP contribution is 2.25. The number of aliphatic hydroxyl groups excluding tert-OH is 1. The lowest BCUT2D eigenvalue weighted by Crippen LogP contribution is -2.36. The summed E-state index contributed by atoms with van der Waals surface area (Å²) in [6.07, 6.45) is 2.40. The van der Waals surface area contributed by atoms with Gasteiger partial charge < -0.3 is 5.11 Å². The molecule has 4 heteroatoms. The minimum absolute atomic E-state index is 0.338. The lowest BCUT2D eigenvalue weighted by Gasteiger charge is -2.31. The van der Waals surface area contributed by atoms with Gasteiger partial charge in [0, 0.05) is 24.6 Å². The molecule has 2 nitrogen and oxygen atoms in total. The zero-order valence-electron chi connectivity index (χ0n) is 8.66. The van der Waals surface area contributed by atoms with Crippen LogP contribution in [0, 0.1) is 5.92 Å². The summed E-state index contributed by atoms with van der Waals surface area (Å²) >= 11 is 5.29. The second-order valence-electron chi connectivity index (χ2n) is 4.13. The number of piperidine rings is 1. The van der Waals surface area contributed by atoms with Crippen molar-refractivity contribution in [2.24, 2.45) is 5.92 Å². The van der Waals surface area contributed by atoms with Crippen LogP contribution in [0.2, 0.25) is 0 Å². The molecule has 2 heterocycles. The van der Waals surface area contributed by atoms with E-state index in [0.29, 0.717) is 12.5 Å². The molecule has 1 aliphatic rings. The van der Waals surface area contributed by atoms with Crippen molar-refractivity contribution in [1.29, 1.82) is 0 Å². The van der Waals surface area contributed by atoms with Crippen molar-refractivity contribution in [2.75, 3.05) is 19.7 Å². The van der Waals surface area contributed by atoms with Crippen LogP contribution in [0.25, 0.3) is 0 Å². The number of rotatable bonds is 3. The zero-order chi connectivity index (χ0) is 10.7. The SMILES string of the molecule is OC[C@@H]1CCCN(Cc2ccc(Br)s2)C1. The standard InChI is InChI=1S/C11H16BrNOS/c12-11-4-3-10(15-11)7-13-5-1-2-9(6-13)8-14/h3-4,9,14H,1-2,5-8H2/t9-/m1/s1. The Morgan fingerprint density at radius 2 is 2.40 bits per heavy atom. The summed E-state index contributed by atoms with van der Waals surface area (Å²) in [6.45, 7) is 3.59. The topological polar surface area (TPSA) is 23.5 Å². The van der Waals surface area contributed by atoms with Crippen molar-refractivity contribution in [2.45, 2.75) is 19.4 Å². The maximum absolute atomic E-state index is 9.15. The highest BCUT2D eigenvalue weighted by Gasteiger charge is 2.19. The van der Waals surface area contributed by atoms with E-state index in [1.807, 2.05) is 0 Å². The number of halogens is 1. The van der Waals surface area contributed by atoms with Gasteiger partial charge in [-0.15, -0.1) is 11.3 Å². The Hall–Kier alpha value is 0.1000. The van der Waals surface area contributed by atoms with Crippen molar-refractivity contribution in [3.05, 3.63) is 20.8 Å². The highest BCUT2D eigenvalue weighted by molar-refractivity contribution is 9.11. The Balaban J connectivity index is 1.88. The van der Waals surface area contributed by atoms with Gasteiger partial charge in [0.25, 0.3) is 0 Å². The van der Waals surface area contributed by atoms with E-state index in [4.69, 9.17) is 5.11 Å². The minimum Gasteiger partial charge on any atom is -0.396 e. The first-order valence-electron chi connectivity index (χ1n) is 5.35. The molecular weight excluding hydrogens is 274 g/mol. The van der Waals surface area contributed by atoms with Crippen molar-refractivity contribution in [3.8, 4) is 0 Å².